The summed E-state index contributed by atoms with van der Waals surface area (Å²) in [6.45, 7) is 10.4. The summed E-state index contributed by atoms with van der Waals surface area (Å²) in [7, 11) is 0. The number of amides is 2. The highest BCUT2D eigenvalue weighted by atomic mass is 32.1. The van der Waals surface area contributed by atoms with Crippen LogP contribution in [0.3, 0.4) is 0 Å². The van der Waals surface area contributed by atoms with Crippen molar-refractivity contribution in [2.75, 3.05) is 6.54 Å². The first-order valence-corrected chi connectivity index (χ1v) is 11.6. The lowest BCUT2D eigenvalue weighted by Crippen LogP contribution is -2.47. The number of carbonyl (C=O) groups excluding carboxylic acids is 2. The van der Waals surface area contributed by atoms with Crippen LogP contribution < -0.4 is 5.32 Å². The van der Waals surface area contributed by atoms with Crippen LogP contribution >= 0.6 is 22.7 Å². The molecule has 0 spiro atoms. The van der Waals surface area contributed by atoms with Gasteiger partial charge < -0.3 is 15.0 Å². The van der Waals surface area contributed by atoms with Gasteiger partial charge in [0.25, 0.3) is 0 Å². The number of unbranched alkanes of at least 4 members (excludes halogenated alkanes) is 1. The number of alkyl carbamates (subject to hydrolysis) is 1. The van der Waals surface area contributed by atoms with Gasteiger partial charge in [0, 0.05) is 22.3 Å². The number of ether oxygens (including phenoxy) is 1. The van der Waals surface area contributed by atoms with Crippen molar-refractivity contribution < 1.29 is 14.3 Å². The number of thiophene rings is 2. The molecule has 2 aromatic rings. The van der Waals surface area contributed by atoms with Gasteiger partial charge in [0.15, 0.2) is 0 Å². The molecular weight excluding hydrogens is 404 g/mol. The minimum Gasteiger partial charge on any atom is -0.444 e. The summed E-state index contributed by atoms with van der Waals surface area (Å²) in [4.78, 5) is 29.4. The van der Waals surface area contributed by atoms with E-state index in [1.165, 1.54) is 0 Å². The molecule has 0 aliphatic carbocycles. The fourth-order valence-electron chi connectivity index (χ4n) is 2.86. The molecule has 0 aliphatic heterocycles. The number of rotatable bonds is 10. The van der Waals surface area contributed by atoms with E-state index in [0.717, 1.165) is 29.0 Å². The lowest BCUT2D eigenvalue weighted by Gasteiger charge is -2.29. The van der Waals surface area contributed by atoms with E-state index >= 15 is 0 Å². The van der Waals surface area contributed by atoms with Gasteiger partial charge in [-0.2, -0.15) is 0 Å². The highest BCUT2D eigenvalue weighted by molar-refractivity contribution is 7.10. The SMILES string of the molecule is [CH2]CCCC(CN(Cc1cccs1)C(=O)Cc1cccs1)NC(=O)OC(C)(C)C. The van der Waals surface area contributed by atoms with Gasteiger partial charge in [0.05, 0.1) is 13.0 Å². The smallest absolute Gasteiger partial charge is 0.407 e. The van der Waals surface area contributed by atoms with Crippen molar-refractivity contribution in [2.45, 2.75) is 64.6 Å². The number of hydrogen-bond acceptors (Lipinski definition) is 5. The van der Waals surface area contributed by atoms with Crippen LogP contribution in [0, 0.1) is 6.92 Å². The van der Waals surface area contributed by atoms with E-state index in [1.807, 2.05) is 60.7 Å². The van der Waals surface area contributed by atoms with Gasteiger partial charge in [-0.05, 0) is 50.1 Å². The lowest BCUT2D eigenvalue weighted by molar-refractivity contribution is -0.131. The molecule has 5 nitrogen and oxygen atoms in total. The van der Waals surface area contributed by atoms with E-state index < -0.39 is 11.7 Å². The van der Waals surface area contributed by atoms with Crippen molar-refractivity contribution in [3.63, 3.8) is 0 Å². The second-order valence-corrected chi connectivity index (χ2v) is 10.0. The van der Waals surface area contributed by atoms with Gasteiger partial charge in [-0.3, -0.25) is 4.79 Å². The van der Waals surface area contributed by atoms with Gasteiger partial charge in [-0.1, -0.05) is 31.9 Å². The molecule has 7 heteroatoms. The van der Waals surface area contributed by atoms with E-state index in [1.54, 1.807) is 22.7 Å². The first-order valence-electron chi connectivity index (χ1n) is 9.88. The molecule has 2 heterocycles. The molecule has 2 aromatic heterocycles. The van der Waals surface area contributed by atoms with Gasteiger partial charge in [-0.25, -0.2) is 4.79 Å². The molecule has 29 heavy (non-hydrogen) atoms. The monoisotopic (exact) mass is 435 g/mol. The Morgan fingerprint density at radius 3 is 2.38 bits per heavy atom. The minimum absolute atomic E-state index is 0.0615. The summed E-state index contributed by atoms with van der Waals surface area (Å²) in [5.74, 6) is 0.0615. The normalized spacial score (nSPS) is 12.4. The zero-order valence-corrected chi connectivity index (χ0v) is 19.1. The van der Waals surface area contributed by atoms with Crippen molar-refractivity contribution >= 4 is 34.7 Å². The van der Waals surface area contributed by atoms with Crippen molar-refractivity contribution in [3.8, 4) is 0 Å². The van der Waals surface area contributed by atoms with Crippen LogP contribution in [0.4, 0.5) is 4.79 Å². The molecule has 1 N–H and O–H groups in total. The average molecular weight is 436 g/mol. The molecule has 0 bridgehead atoms. The van der Waals surface area contributed by atoms with E-state index in [-0.39, 0.29) is 11.9 Å². The quantitative estimate of drug-likeness (QED) is 0.552. The number of nitrogens with one attached hydrogen (secondary N) is 1. The average Bonchev–Trinajstić information content (AvgIpc) is 3.31. The van der Waals surface area contributed by atoms with Crippen LogP contribution in [0.15, 0.2) is 35.0 Å². The lowest BCUT2D eigenvalue weighted by atomic mass is 10.1. The predicted molar refractivity (Wildman–Crippen MR) is 120 cm³/mol. The summed E-state index contributed by atoms with van der Waals surface area (Å²) in [6.07, 6.45) is 2.31. The topological polar surface area (TPSA) is 58.6 Å². The van der Waals surface area contributed by atoms with Gasteiger partial charge in [-0.15, -0.1) is 22.7 Å². The second-order valence-electron chi connectivity index (χ2n) is 7.95. The maximum atomic E-state index is 13.0. The van der Waals surface area contributed by atoms with Crippen molar-refractivity contribution in [1.29, 1.82) is 0 Å². The molecular formula is C22H31N2O3S2. The standard InChI is InChI=1S/C22H31N2O3S2/c1-5-6-9-17(23-21(26)27-22(2,3)4)15-24(16-19-11-8-13-29-19)20(25)14-18-10-7-12-28-18/h7-8,10-13,17H,1,5-6,9,14-16H2,2-4H3,(H,23,26). The Balaban J connectivity index is 2.09. The maximum absolute atomic E-state index is 13.0. The molecule has 0 aromatic carbocycles. The Labute approximate surface area is 182 Å². The Hall–Kier alpha value is -1.86. The highest BCUT2D eigenvalue weighted by Gasteiger charge is 2.24. The Kier molecular flexibility index (Phi) is 9.17. The Morgan fingerprint density at radius 1 is 1.17 bits per heavy atom. The molecule has 0 saturated carbocycles. The molecule has 0 saturated heterocycles. The van der Waals surface area contributed by atoms with Gasteiger partial charge in [0.1, 0.15) is 5.60 Å². The van der Waals surface area contributed by atoms with Crippen LogP contribution in [0.25, 0.3) is 0 Å². The van der Waals surface area contributed by atoms with E-state index in [2.05, 4.69) is 12.2 Å². The Bertz CT molecular complexity index is 737. The molecule has 2 rings (SSSR count). The first kappa shape index (κ1) is 23.4. The fourth-order valence-corrected chi connectivity index (χ4v) is 4.27. The molecule has 2 amide bonds. The summed E-state index contributed by atoms with van der Waals surface area (Å²) < 4.78 is 5.42. The van der Waals surface area contributed by atoms with Crippen LogP contribution in [0.5, 0.6) is 0 Å². The van der Waals surface area contributed by atoms with E-state index in [9.17, 15) is 9.59 Å². The molecule has 159 valence electrons. The minimum atomic E-state index is -0.563. The summed E-state index contributed by atoms with van der Waals surface area (Å²) in [5.41, 5.74) is -0.563. The molecule has 1 radical (unpaired) electrons. The zero-order chi connectivity index (χ0) is 21.3. The van der Waals surface area contributed by atoms with Crippen molar-refractivity contribution in [2.24, 2.45) is 0 Å². The number of hydrogen-bond donors (Lipinski definition) is 1. The van der Waals surface area contributed by atoms with Gasteiger partial charge >= 0.3 is 6.09 Å². The zero-order valence-electron chi connectivity index (χ0n) is 17.5. The third-order valence-corrected chi connectivity index (χ3v) is 5.89. The largest absolute Gasteiger partial charge is 0.444 e. The highest BCUT2D eigenvalue weighted by Crippen LogP contribution is 2.17. The number of carbonyl (C=O) groups is 2. The summed E-state index contributed by atoms with van der Waals surface area (Å²) in [6, 6.07) is 7.77. The maximum Gasteiger partial charge on any atom is 0.407 e. The molecule has 0 aliphatic rings. The summed E-state index contributed by atoms with van der Waals surface area (Å²) >= 11 is 3.21. The Morgan fingerprint density at radius 2 is 1.83 bits per heavy atom. The third kappa shape index (κ3) is 9.00. The van der Waals surface area contributed by atoms with Crippen LogP contribution in [0.2, 0.25) is 0 Å². The molecule has 1 unspecified atom stereocenters. The second kappa shape index (κ2) is 11.4. The molecule has 1 atom stereocenters. The summed E-state index contributed by atoms with van der Waals surface area (Å²) in [5, 5.41) is 6.95. The van der Waals surface area contributed by atoms with Gasteiger partial charge in [0.2, 0.25) is 5.91 Å². The van der Waals surface area contributed by atoms with E-state index in [0.29, 0.717) is 19.5 Å². The first-order chi connectivity index (χ1) is 13.8. The van der Waals surface area contributed by atoms with E-state index in [4.69, 9.17) is 4.74 Å². The molecule has 0 fully saturated rings. The predicted octanol–water partition coefficient (Wildman–Crippen LogP) is 5.28. The van der Waals surface area contributed by atoms with Crippen LogP contribution in [-0.4, -0.2) is 35.1 Å². The van der Waals surface area contributed by atoms with Crippen LogP contribution in [0.1, 0.15) is 49.8 Å². The van der Waals surface area contributed by atoms with Crippen molar-refractivity contribution in [3.05, 3.63) is 51.7 Å². The number of nitrogens with zero attached hydrogens (tertiary/aromatic N) is 1. The van der Waals surface area contributed by atoms with Crippen LogP contribution in [-0.2, 0) is 22.5 Å². The third-order valence-electron chi connectivity index (χ3n) is 4.15. The van der Waals surface area contributed by atoms with Crippen molar-refractivity contribution in [1.82, 2.24) is 10.2 Å². The fraction of sp³-hybridized carbons (Fsp3) is 0.500.